The summed E-state index contributed by atoms with van der Waals surface area (Å²) in [6, 6.07) is 22.5. The van der Waals surface area contributed by atoms with Crippen LogP contribution in [0.5, 0.6) is 0 Å². The van der Waals surface area contributed by atoms with Crippen molar-refractivity contribution in [2.24, 2.45) is 0 Å². The summed E-state index contributed by atoms with van der Waals surface area (Å²) in [4.78, 5) is -1.37. The molecule has 0 unspecified atom stereocenters. The van der Waals surface area contributed by atoms with Crippen LogP contribution in [0.15, 0.2) is 117 Å². The fourth-order valence-electron chi connectivity index (χ4n) is 4.60. The molecule has 0 aliphatic rings. The van der Waals surface area contributed by atoms with E-state index in [2.05, 4.69) is 0 Å². The molecule has 46 heavy (non-hydrogen) atoms. The summed E-state index contributed by atoms with van der Waals surface area (Å²) in [5.41, 5.74) is 0. The Balaban J connectivity index is 1.68. The van der Waals surface area contributed by atoms with Crippen molar-refractivity contribution in [1.29, 1.82) is 0 Å². The maximum Gasteiger partial charge on any atom is 0.294 e. The minimum Gasteiger partial charge on any atom is -0.282 e. The molecule has 4 N–H and O–H groups in total. The molecule has 0 atom stereocenters. The summed E-state index contributed by atoms with van der Waals surface area (Å²) >= 11 is 0. The first-order valence-corrected chi connectivity index (χ1v) is 22.0. The summed E-state index contributed by atoms with van der Waals surface area (Å²) in [6.07, 6.45) is 1.76. The average molecular weight is 747 g/mol. The molecule has 0 bridgehead atoms. The second kappa shape index (κ2) is 14.2. The van der Waals surface area contributed by atoms with Gasteiger partial charge in [0.05, 0.1) is 19.6 Å². The second-order valence-electron chi connectivity index (χ2n) is 9.90. The van der Waals surface area contributed by atoms with Crippen molar-refractivity contribution >= 4 is 77.5 Å². The van der Waals surface area contributed by atoms with Gasteiger partial charge in [0, 0.05) is 0 Å². The lowest BCUT2D eigenvalue weighted by Gasteiger charge is -2.22. The molecule has 12 nitrogen and oxygen atoms in total. The van der Waals surface area contributed by atoms with Crippen molar-refractivity contribution in [2.75, 3.05) is 12.3 Å². The summed E-state index contributed by atoms with van der Waals surface area (Å²) in [5, 5.41) is 2.06. The first-order valence-electron chi connectivity index (χ1n) is 13.2. The van der Waals surface area contributed by atoms with E-state index in [9.17, 15) is 51.9 Å². The molecule has 4 aromatic carbocycles. The Morgan fingerprint density at radius 2 is 0.609 bits per heavy atom. The van der Waals surface area contributed by atoms with E-state index in [1.807, 2.05) is 0 Å². The third kappa shape index (κ3) is 9.48. The Morgan fingerprint density at radius 3 is 0.804 bits per heavy atom. The zero-order valence-electron chi connectivity index (χ0n) is 23.6. The fraction of sp³-hybridized carbons (Fsp3) is 0.143. The van der Waals surface area contributed by atoms with Gasteiger partial charge in [0.2, 0.25) is 0 Å². The highest BCUT2D eigenvalue weighted by molar-refractivity contribution is 7.86. The van der Waals surface area contributed by atoms with Gasteiger partial charge in [-0.15, -0.1) is 0 Å². The fourth-order valence-corrected chi connectivity index (χ4v) is 12.0. The number of benzene rings is 4. The maximum atomic E-state index is 11.9. The van der Waals surface area contributed by atoms with E-state index in [0.717, 1.165) is 0 Å². The Labute approximate surface area is 270 Å². The van der Waals surface area contributed by atoms with Crippen LogP contribution in [0, 0.1) is 0 Å². The van der Waals surface area contributed by atoms with Crippen molar-refractivity contribution in [3.05, 3.63) is 97.1 Å². The lowest BCUT2D eigenvalue weighted by molar-refractivity contribution is 0.481. The smallest absolute Gasteiger partial charge is 0.282 e. The van der Waals surface area contributed by atoms with Gasteiger partial charge in [-0.3, -0.25) is 18.2 Å². The van der Waals surface area contributed by atoms with Gasteiger partial charge < -0.3 is 0 Å². The van der Waals surface area contributed by atoms with Gasteiger partial charge >= 0.3 is 0 Å². The standard InChI is InChI=1S/C28H28O12P2S4/c29-43(30,31)25-11-3-7-21(17-25)41(22-8-4-12-26(18-22)44(32,33)34)15-1-2-16-42(23-9-5-13-27(19-23)45(35,36)37)24-10-6-14-28(20-24)46(38,39)40/h3-14,17-20H,1-2,15-16H2,(H,29,30,31)(H,32,33,34)(H,35,36,37)(H,38,39,40). The predicted molar refractivity (Wildman–Crippen MR) is 176 cm³/mol. The molecule has 0 heterocycles. The molecule has 0 saturated heterocycles. The Morgan fingerprint density at radius 1 is 0.391 bits per heavy atom. The van der Waals surface area contributed by atoms with Gasteiger partial charge in [-0.1, -0.05) is 48.5 Å². The Hall–Kier alpha value is -2.62. The number of hydrogen-bond donors (Lipinski definition) is 4. The lowest BCUT2D eigenvalue weighted by atomic mass is 10.3. The quantitative estimate of drug-likeness (QED) is 0.0882. The number of hydrogen-bond acceptors (Lipinski definition) is 8. The van der Waals surface area contributed by atoms with E-state index in [-0.39, 0.29) is 19.6 Å². The van der Waals surface area contributed by atoms with Crippen molar-refractivity contribution in [1.82, 2.24) is 0 Å². The van der Waals surface area contributed by atoms with E-state index in [4.69, 9.17) is 0 Å². The normalized spacial score (nSPS) is 12.9. The molecule has 0 amide bonds. The highest BCUT2D eigenvalue weighted by Crippen LogP contribution is 2.39. The molecule has 0 radical (unpaired) electrons. The molecular formula is C28H28O12P2S4. The van der Waals surface area contributed by atoms with Crippen LogP contribution in [-0.2, 0) is 40.5 Å². The average Bonchev–Trinajstić information content (AvgIpc) is 2.97. The summed E-state index contributed by atoms with van der Waals surface area (Å²) in [7, 11) is -21.0. The van der Waals surface area contributed by atoms with Crippen LogP contribution in [-0.4, -0.2) is 64.2 Å². The molecule has 4 aromatic rings. The van der Waals surface area contributed by atoms with Crippen LogP contribution in [0.1, 0.15) is 12.8 Å². The van der Waals surface area contributed by atoms with Gasteiger partial charge in [-0.25, -0.2) is 0 Å². The SMILES string of the molecule is O=S(=O)(O)c1cccc(P(CCCCP(c2cccc(S(=O)(=O)O)c2)c2cccc(S(=O)(=O)O)c2)c2cccc(S(=O)(=O)O)c2)c1. The van der Waals surface area contributed by atoms with Gasteiger partial charge in [0.15, 0.2) is 0 Å². The lowest BCUT2D eigenvalue weighted by Crippen LogP contribution is -2.18. The maximum absolute atomic E-state index is 11.9. The molecule has 0 spiro atoms. The zero-order chi connectivity index (χ0) is 33.9. The summed E-state index contributed by atoms with van der Waals surface area (Å²) in [5.74, 6) is 0. The van der Waals surface area contributed by atoms with E-state index in [1.165, 1.54) is 72.8 Å². The van der Waals surface area contributed by atoms with Crippen molar-refractivity contribution in [3.63, 3.8) is 0 Å². The monoisotopic (exact) mass is 746 g/mol. The minimum atomic E-state index is -4.54. The molecule has 18 heteroatoms. The van der Waals surface area contributed by atoms with Gasteiger partial charge in [-0.2, -0.15) is 33.7 Å². The molecular weight excluding hydrogens is 719 g/mol. The first kappa shape index (κ1) is 36.2. The van der Waals surface area contributed by atoms with Gasteiger partial charge in [-0.05, 0) is 111 Å². The first-order chi connectivity index (χ1) is 21.3. The van der Waals surface area contributed by atoms with Crippen LogP contribution in [0.3, 0.4) is 0 Å². The summed E-state index contributed by atoms with van der Waals surface area (Å²) in [6.45, 7) is 0. The van der Waals surface area contributed by atoms with Crippen molar-refractivity contribution in [2.45, 2.75) is 32.4 Å². The Bertz CT molecular complexity index is 1880. The molecule has 0 aliphatic carbocycles. The minimum absolute atomic E-state index is 0.343. The van der Waals surface area contributed by atoms with Crippen LogP contribution < -0.4 is 21.2 Å². The van der Waals surface area contributed by atoms with E-state index in [0.29, 0.717) is 46.4 Å². The van der Waals surface area contributed by atoms with Crippen molar-refractivity contribution < 1.29 is 51.9 Å². The van der Waals surface area contributed by atoms with Crippen LogP contribution >= 0.6 is 15.8 Å². The highest BCUT2D eigenvalue weighted by atomic mass is 32.2. The molecule has 0 aromatic heterocycles. The Kier molecular flexibility index (Phi) is 11.2. The topological polar surface area (TPSA) is 217 Å². The van der Waals surface area contributed by atoms with E-state index >= 15 is 0 Å². The van der Waals surface area contributed by atoms with Crippen LogP contribution in [0.25, 0.3) is 0 Å². The number of unbranched alkanes of at least 4 members (excludes halogenated alkanes) is 1. The molecule has 0 saturated carbocycles. The second-order valence-corrected chi connectivity index (χ2v) is 20.3. The largest absolute Gasteiger partial charge is 0.294 e. The molecule has 246 valence electrons. The van der Waals surface area contributed by atoms with Crippen LogP contribution in [0.4, 0.5) is 0 Å². The third-order valence-corrected chi connectivity index (χ3v) is 15.3. The molecule has 0 fully saturated rings. The summed E-state index contributed by atoms with van der Waals surface area (Å²) < 4.78 is 133. The third-order valence-electron chi connectivity index (χ3n) is 6.72. The van der Waals surface area contributed by atoms with Crippen LogP contribution in [0.2, 0.25) is 0 Å². The van der Waals surface area contributed by atoms with E-state index in [1.54, 1.807) is 24.3 Å². The zero-order valence-corrected chi connectivity index (χ0v) is 28.7. The predicted octanol–water partition coefficient (Wildman–Crippen LogP) is 3.02. The molecule has 0 aliphatic heterocycles. The number of rotatable bonds is 13. The van der Waals surface area contributed by atoms with Gasteiger partial charge in [0.25, 0.3) is 40.5 Å². The van der Waals surface area contributed by atoms with Gasteiger partial charge in [0.1, 0.15) is 0 Å². The van der Waals surface area contributed by atoms with Crippen molar-refractivity contribution in [3.8, 4) is 0 Å². The highest BCUT2D eigenvalue weighted by Gasteiger charge is 2.22. The van der Waals surface area contributed by atoms with E-state index < -0.39 is 56.3 Å². The molecule has 4 rings (SSSR count).